The first kappa shape index (κ1) is 16.7. The van der Waals surface area contributed by atoms with Crippen LogP contribution >= 0.6 is 0 Å². The molecule has 0 fully saturated rings. The van der Waals surface area contributed by atoms with Crippen molar-refractivity contribution in [1.82, 2.24) is 10.1 Å². The van der Waals surface area contributed by atoms with E-state index >= 15 is 0 Å². The van der Waals surface area contributed by atoms with Gasteiger partial charge in [0, 0.05) is 0 Å². The van der Waals surface area contributed by atoms with E-state index in [9.17, 15) is 9.59 Å². The van der Waals surface area contributed by atoms with Crippen LogP contribution in [0, 0.1) is 13.8 Å². The Morgan fingerprint density at radius 2 is 1.74 bits per heavy atom. The minimum atomic E-state index is -0.324. The van der Waals surface area contributed by atoms with Crippen molar-refractivity contribution in [3.8, 4) is 0 Å². The van der Waals surface area contributed by atoms with E-state index in [-0.39, 0.29) is 18.4 Å². The number of likely N-dealkylation sites (N-methyl/N-ethyl adjacent to an activating group) is 1. The Morgan fingerprint density at radius 3 is 2.26 bits per heavy atom. The Labute approximate surface area is 134 Å². The largest absolute Gasteiger partial charge is 0.361 e. The molecule has 1 aromatic heterocycles. The van der Waals surface area contributed by atoms with Crippen molar-refractivity contribution in [1.29, 1.82) is 0 Å². The summed E-state index contributed by atoms with van der Waals surface area (Å²) in [5, 5.41) is 9.34. The molecule has 0 radical (unpaired) electrons. The number of anilines is 2. The maximum Gasteiger partial charge on any atom is 0.261 e. The second-order valence-corrected chi connectivity index (χ2v) is 5.48. The third-order valence-electron chi connectivity index (χ3n) is 3.17. The van der Waals surface area contributed by atoms with Gasteiger partial charge in [-0.1, -0.05) is 17.3 Å². The van der Waals surface area contributed by atoms with Gasteiger partial charge in [-0.05, 0) is 40.1 Å². The Balaban J connectivity index is 2.17. The highest BCUT2D eigenvalue weighted by Gasteiger charge is 2.18. The molecule has 0 aliphatic rings. The van der Waals surface area contributed by atoms with Gasteiger partial charge in [0.25, 0.3) is 5.91 Å². The highest BCUT2D eigenvalue weighted by atomic mass is 16.5. The molecule has 0 saturated heterocycles. The maximum absolute atomic E-state index is 12.4. The molecule has 122 valence electrons. The fourth-order valence-corrected chi connectivity index (χ4v) is 2.17. The van der Waals surface area contributed by atoms with Gasteiger partial charge in [-0.2, -0.15) is 0 Å². The molecule has 0 bridgehead atoms. The highest BCUT2D eigenvalue weighted by Crippen LogP contribution is 2.23. The molecule has 0 unspecified atom stereocenters. The van der Waals surface area contributed by atoms with Crippen molar-refractivity contribution >= 4 is 23.2 Å². The standard InChI is InChI=1S/C16H20N4O3/c1-10-15(11(2)23-19-10)16(22)18-13-8-6-5-7-12(13)17-14(21)9-20(3)4/h5-8H,9H2,1-4H3,(H,17,21)(H,18,22). The van der Waals surface area contributed by atoms with Crippen LogP contribution in [0.1, 0.15) is 21.8 Å². The fraction of sp³-hybridized carbons (Fsp3) is 0.312. The van der Waals surface area contributed by atoms with Crippen LogP contribution < -0.4 is 10.6 Å². The number of nitrogens with one attached hydrogen (secondary N) is 2. The number of aromatic nitrogens is 1. The lowest BCUT2D eigenvalue weighted by Crippen LogP contribution is -2.27. The average Bonchev–Trinajstić information content (AvgIpc) is 2.79. The molecule has 2 aromatic rings. The molecule has 0 spiro atoms. The molecule has 2 rings (SSSR count). The predicted molar refractivity (Wildman–Crippen MR) is 87.6 cm³/mol. The number of carbonyl (C=O) groups excluding carboxylic acids is 2. The van der Waals surface area contributed by atoms with E-state index in [1.54, 1.807) is 43.0 Å². The monoisotopic (exact) mass is 316 g/mol. The summed E-state index contributed by atoms with van der Waals surface area (Å²) in [7, 11) is 3.62. The number of benzene rings is 1. The van der Waals surface area contributed by atoms with Crippen molar-refractivity contribution in [3.63, 3.8) is 0 Å². The zero-order valence-electron chi connectivity index (χ0n) is 13.6. The minimum absolute atomic E-state index is 0.158. The quantitative estimate of drug-likeness (QED) is 0.881. The molecule has 1 aromatic carbocycles. The molecule has 0 atom stereocenters. The maximum atomic E-state index is 12.4. The Bertz CT molecular complexity index is 702. The number of carbonyl (C=O) groups is 2. The summed E-state index contributed by atoms with van der Waals surface area (Å²) in [6, 6.07) is 7.03. The van der Waals surface area contributed by atoms with Crippen LogP contribution in [-0.2, 0) is 4.79 Å². The first-order valence-corrected chi connectivity index (χ1v) is 7.16. The van der Waals surface area contributed by atoms with Gasteiger partial charge >= 0.3 is 0 Å². The van der Waals surface area contributed by atoms with Crippen LogP contribution in [0.5, 0.6) is 0 Å². The summed E-state index contributed by atoms with van der Waals surface area (Å²) in [6.45, 7) is 3.64. The predicted octanol–water partition coefficient (Wildman–Crippen LogP) is 2.04. The minimum Gasteiger partial charge on any atom is -0.361 e. The zero-order chi connectivity index (χ0) is 17.0. The van der Waals surface area contributed by atoms with Crippen LogP contribution in [0.4, 0.5) is 11.4 Å². The van der Waals surface area contributed by atoms with Crippen LogP contribution in [0.25, 0.3) is 0 Å². The number of hydrogen-bond acceptors (Lipinski definition) is 5. The summed E-state index contributed by atoms with van der Waals surface area (Å²) < 4.78 is 5.01. The van der Waals surface area contributed by atoms with Crippen LogP contribution in [0.2, 0.25) is 0 Å². The van der Waals surface area contributed by atoms with Gasteiger partial charge in [0.1, 0.15) is 11.3 Å². The normalized spacial score (nSPS) is 10.7. The van der Waals surface area contributed by atoms with Gasteiger partial charge in [-0.15, -0.1) is 0 Å². The van der Waals surface area contributed by atoms with Gasteiger partial charge < -0.3 is 20.1 Å². The molecule has 0 saturated carbocycles. The Hall–Kier alpha value is -2.67. The lowest BCUT2D eigenvalue weighted by atomic mass is 10.2. The number of hydrogen-bond donors (Lipinski definition) is 2. The highest BCUT2D eigenvalue weighted by molar-refractivity contribution is 6.08. The van der Waals surface area contributed by atoms with Crippen molar-refractivity contribution in [2.75, 3.05) is 31.3 Å². The molecular formula is C16H20N4O3. The van der Waals surface area contributed by atoms with E-state index in [2.05, 4.69) is 15.8 Å². The number of para-hydroxylation sites is 2. The molecule has 1 heterocycles. The lowest BCUT2D eigenvalue weighted by molar-refractivity contribution is -0.116. The van der Waals surface area contributed by atoms with Gasteiger partial charge in [-0.3, -0.25) is 9.59 Å². The van der Waals surface area contributed by atoms with Gasteiger partial charge in [0.15, 0.2) is 0 Å². The van der Waals surface area contributed by atoms with Crippen LogP contribution in [0.15, 0.2) is 28.8 Å². The number of nitrogens with zero attached hydrogens (tertiary/aromatic N) is 2. The molecule has 7 nitrogen and oxygen atoms in total. The second-order valence-electron chi connectivity index (χ2n) is 5.48. The SMILES string of the molecule is Cc1noc(C)c1C(=O)Nc1ccccc1NC(=O)CN(C)C. The van der Waals surface area contributed by atoms with Crippen LogP contribution in [-0.4, -0.2) is 42.5 Å². The smallest absolute Gasteiger partial charge is 0.261 e. The average molecular weight is 316 g/mol. The number of amides is 2. The van der Waals surface area contributed by atoms with E-state index in [0.717, 1.165) is 0 Å². The summed E-state index contributed by atoms with van der Waals surface area (Å²) in [6.07, 6.45) is 0. The first-order chi connectivity index (χ1) is 10.9. The zero-order valence-corrected chi connectivity index (χ0v) is 13.6. The molecule has 2 amide bonds. The molecule has 0 aliphatic heterocycles. The number of rotatable bonds is 5. The van der Waals surface area contributed by atoms with Crippen molar-refractivity contribution in [2.24, 2.45) is 0 Å². The van der Waals surface area contributed by atoms with Crippen molar-refractivity contribution in [2.45, 2.75) is 13.8 Å². The molecular weight excluding hydrogens is 296 g/mol. The molecule has 2 N–H and O–H groups in total. The van der Waals surface area contributed by atoms with E-state index in [4.69, 9.17) is 4.52 Å². The topological polar surface area (TPSA) is 87.5 Å². The Kier molecular flexibility index (Phi) is 5.13. The summed E-state index contributed by atoms with van der Waals surface area (Å²) in [5.74, 6) is -0.0290. The summed E-state index contributed by atoms with van der Waals surface area (Å²) >= 11 is 0. The summed E-state index contributed by atoms with van der Waals surface area (Å²) in [5.41, 5.74) is 1.98. The number of aryl methyl sites for hydroxylation is 2. The van der Waals surface area contributed by atoms with Gasteiger partial charge in [0.05, 0.1) is 23.6 Å². The van der Waals surface area contributed by atoms with Gasteiger partial charge in [-0.25, -0.2) is 0 Å². The molecule has 0 aliphatic carbocycles. The van der Waals surface area contributed by atoms with E-state index < -0.39 is 0 Å². The summed E-state index contributed by atoms with van der Waals surface area (Å²) in [4.78, 5) is 26.1. The van der Waals surface area contributed by atoms with E-state index in [1.165, 1.54) is 0 Å². The third-order valence-corrected chi connectivity index (χ3v) is 3.17. The van der Waals surface area contributed by atoms with Gasteiger partial charge in [0.2, 0.25) is 5.91 Å². The van der Waals surface area contributed by atoms with Crippen molar-refractivity contribution < 1.29 is 14.1 Å². The third kappa shape index (κ3) is 4.17. The fourth-order valence-electron chi connectivity index (χ4n) is 2.17. The Morgan fingerprint density at radius 1 is 1.13 bits per heavy atom. The second kappa shape index (κ2) is 7.06. The molecule has 23 heavy (non-hydrogen) atoms. The van der Waals surface area contributed by atoms with E-state index in [0.29, 0.717) is 28.4 Å². The van der Waals surface area contributed by atoms with E-state index in [1.807, 2.05) is 14.1 Å². The lowest BCUT2D eigenvalue weighted by Gasteiger charge is -2.14. The first-order valence-electron chi connectivity index (χ1n) is 7.16. The van der Waals surface area contributed by atoms with Crippen LogP contribution in [0.3, 0.4) is 0 Å². The molecule has 7 heteroatoms. The van der Waals surface area contributed by atoms with Crippen molar-refractivity contribution in [3.05, 3.63) is 41.3 Å².